The second-order valence-corrected chi connectivity index (χ2v) is 5.18. The van der Waals surface area contributed by atoms with Gasteiger partial charge in [0.25, 0.3) is 0 Å². The molecular weight excluding hydrogens is 280 g/mol. The average molecular weight is 296 g/mol. The lowest BCUT2D eigenvalue weighted by atomic mass is 10.0. The van der Waals surface area contributed by atoms with E-state index in [4.69, 9.17) is 5.84 Å². The van der Waals surface area contributed by atoms with Crippen LogP contribution >= 0.6 is 11.8 Å². The zero-order valence-corrected chi connectivity index (χ0v) is 11.2. The smallest absolute Gasteiger partial charge is 0.271 e. The minimum Gasteiger partial charge on any atom is -0.271 e. The fourth-order valence-electron chi connectivity index (χ4n) is 1.56. The van der Waals surface area contributed by atoms with Crippen LogP contribution in [0.4, 0.5) is 17.6 Å². The van der Waals surface area contributed by atoms with Gasteiger partial charge in [-0.3, -0.25) is 11.3 Å². The summed E-state index contributed by atoms with van der Waals surface area (Å²) in [4.78, 5) is 0. The number of hydrazine groups is 1. The summed E-state index contributed by atoms with van der Waals surface area (Å²) in [7, 11) is 0. The largest absolute Gasteiger partial charge is 0.419 e. The summed E-state index contributed by atoms with van der Waals surface area (Å²) in [5.74, 6) is 5.51. The van der Waals surface area contributed by atoms with E-state index in [1.54, 1.807) is 11.8 Å². The Morgan fingerprint density at radius 3 is 2.58 bits per heavy atom. The molecule has 0 amide bonds. The summed E-state index contributed by atoms with van der Waals surface area (Å²) < 4.78 is 51.0. The Labute approximate surface area is 113 Å². The Morgan fingerprint density at radius 2 is 2.05 bits per heavy atom. The summed E-state index contributed by atoms with van der Waals surface area (Å²) in [5.41, 5.74) is 1.54. The van der Waals surface area contributed by atoms with Gasteiger partial charge in [-0.25, -0.2) is 4.39 Å². The van der Waals surface area contributed by atoms with Crippen molar-refractivity contribution in [2.24, 2.45) is 5.84 Å². The number of rotatable bonds is 6. The van der Waals surface area contributed by atoms with Crippen molar-refractivity contribution in [3.63, 3.8) is 0 Å². The highest BCUT2D eigenvalue weighted by molar-refractivity contribution is 7.99. The maximum atomic E-state index is 13.2. The van der Waals surface area contributed by atoms with Crippen molar-refractivity contribution in [2.45, 2.75) is 25.6 Å². The van der Waals surface area contributed by atoms with E-state index in [0.717, 1.165) is 24.3 Å². The van der Waals surface area contributed by atoms with Crippen molar-refractivity contribution in [1.82, 2.24) is 5.43 Å². The van der Waals surface area contributed by atoms with Crippen molar-refractivity contribution in [3.05, 3.63) is 35.1 Å². The number of alkyl halides is 3. The summed E-state index contributed by atoms with van der Waals surface area (Å²) >= 11 is 1.58. The van der Waals surface area contributed by atoms with E-state index in [-0.39, 0.29) is 0 Å². The van der Waals surface area contributed by atoms with Gasteiger partial charge in [-0.15, -0.1) is 0 Å². The fraction of sp³-hybridized carbons (Fsp3) is 0.500. The van der Waals surface area contributed by atoms with Gasteiger partial charge >= 0.3 is 6.18 Å². The van der Waals surface area contributed by atoms with Crippen LogP contribution in [-0.2, 0) is 6.18 Å². The second kappa shape index (κ2) is 7.12. The SMILES string of the molecule is CCCSCC(NN)c1ccc(F)c(C(F)(F)F)c1. The maximum absolute atomic E-state index is 13.2. The molecule has 3 N–H and O–H groups in total. The molecule has 7 heteroatoms. The lowest BCUT2D eigenvalue weighted by Gasteiger charge is -2.18. The van der Waals surface area contributed by atoms with Gasteiger partial charge in [0, 0.05) is 5.75 Å². The van der Waals surface area contributed by atoms with Crippen LogP contribution in [0.3, 0.4) is 0 Å². The summed E-state index contributed by atoms with van der Waals surface area (Å²) in [6.07, 6.45) is -3.73. The molecule has 2 nitrogen and oxygen atoms in total. The standard InChI is InChI=1S/C12H16F4N2S/c1-2-5-19-7-11(18-17)8-3-4-10(13)9(6-8)12(14,15)16/h3-4,6,11,18H,2,5,7,17H2,1H3. The van der Waals surface area contributed by atoms with Crippen LogP contribution in [0.25, 0.3) is 0 Å². The Bertz CT molecular complexity index is 409. The zero-order valence-electron chi connectivity index (χ0n) is 10.4. The van der Waals surface area contributed by atoms with Gasteiger partial charge in [0.2, 0.25) is 0 Å². The lowest BCUT2D eigenvalue weighted by molar-refractivity contribution is -0.140. The first-order valence-corrected chi connectivity index (χ1v) is 6.96. The average Bonchev–Trinajstić information content (AvgIpc) is 2.34. The zero-order chi connectivity index (χ0) is 14.5. The van der Waals surface area contributed by atoms with Gasteiger partial charge in [0.05, 0.1) is 11.6 Å². The van der Waals surface area contributed by atoms with Crippen molar-refractivity contribution >= 4 is 11.8 Å². The van der Waals surface area contributed by atoms with Crippen molar-refractivity contribution in [1.29, 1.82) is 0 Å². The molecule has 0 aliphatic heterocycles. The fourth-order valence-corrected chi connectivity index (χ4v) is 2.54. The number of thioether (sulfide) groups is 1. The molecule has 1 unspecified atom stereocenters. The highest BCUT2D eigenvalue weighted by Gasteiger charge is 2.34. The van der Waals surface area contributed by atoms with Gasteiger partial charge in [0.1, 0.15) is 5.82 Å². The number of halogens is 4. The van der Waals surface area contributed by atoms with Crippen molar-refractivity contribution in [3.8, 4) is 0 Å². The first kappa shape index (κ1) is 16.3. The molecule has 0 aliphatic rings. The third kappa shape index (κ3) is 4.67. The first-order chi connectivity index (χ1) is 8.90. The Balaban J connectivity index is 2.93. The van der Waals surface area contributed by atoms with Gasteiger partial charge in [-0.2, -0.15) is 24.9 Å². The number of benzene rings is 1. The molecule has 19 heavy (non-hydrogen) atoms. The van der Waals surface area contributed by atoms with Crippen LogP contribution in [0.5, 0.6) is 0 Å². The molecule has 0 saturated carbocycles. The van der Waals surface area contributed by atoms with Crippen LogP contribution < -0.4 is 11.3 Å². The first-order valence-electron chi connectivity index (χ1n) is 5.80. The third-order valence-electron chi connectivity index (χ3n) is 2.53. The normalized spacial score (nSPS) is 13.6. The lowest BCUT2D eigenvalue weighted by Crippen LogP contribution is -2.30. The van der Waals surface area contributed by atoms with E-state index in [1.807, 2.05) is 6.92 Å². The second-order valence-electron chi connectivity index (χ2n) is 4.03. The molecule has 0 heterocycles. The van der Waals surface area contributed by atoms with Gasteiger partial charge in [-0.1, -0.05) is 13.0 Å². The van der Waals surface area contributed by atoms with Crippen LogP contribution in [0.15, 0.2) is 18.2 Å². The van der Waals surface area contributed by atoms with Crippen molar-refractivity contribution in [2.75, 3.05) is 11.5 Å². The van der Waals surface area contributed by atoms with Gasteiger partial charge in [0.15, 0.2) is 0 Å². The molecule has 1 aromatic rings. The van der Waals surface area contributed by atoms with E-state index in [9.17, 15) is 17.6 Å². The molecule has 0 radical (unpaired) electrons. The monoisotopic (exact) mass is 296 g/mol. The van der Waals surface area contributed by atoms with E-state index in [0.29, 0.717) is 11.3 Å². The molecule has 0 bridgehead atoms. The molecular formula is C12H16F4N2S. The van der Waals surface area contributed by atoms with Crippen LogP contribution in [0.2, 0.25) is 0 Å². The van der Waals surface area contributed by atoms with Gasteiger partial charge < -0.3 is 0 Å². The van der Waals surface area contributed by atoms with Crippen LogP contribution in [0, 0.1) is 5.82 Å². The molecule has 0 aromatic heterocycles. The Hall–Kier alpha value is -0.790. The van der Waals surface area contributed by atoms with E-state index in [2.05, 4.69) is 5.43 Å². The molecule has 0 saturated heterocycles. The molecule has 0 aliphatic carbocycles. The number of nitrogens with two attached hydrogens (primary N) is 1. The van der Waals surface area contributed by atoms with E-state index < -0.39 is 23.6 Å². The molecule has 1 rings (SSSR count). The topological polar surface area (TPSA) is 38.0 Å². The maximum Gasteiger partial charge on any atom is 0.419 e. The summed E-state index contributed by atoms with van der Waals surface area (Å²) in [6, 6.07) is 2.53. The van der Waals surface area contributed by atoms with Crippen molar-refractivity contribution < 1.29 is 17.6 Å². The molecule has 0 fully saturated rings. The Morgan fingerprint density at radius 1 is 1.37 bits per heavy atom. The minimum atomic E-state index is -4.70. The van der Waals surface area contributed by atoms with E-state index in [1.165, 1.54) is 6.07 Å². The minimum absolute atomic E-state index is 0.333. The van der Waals surface area contributed by atoms with E-state index >= 15 is 0 Å². The predicted octanol–water partition coefficient (Wildman–Crippen LogP) is 3.49. The third-order valence-corrected chi connectivity index (χ3v) is 3.80. The quantitative estimate of drug-likeness (QED) is 0.365. The summed E-state index contributed by atoms with van der Waals surface area (Å²) in [5, 5.41) is 0. The highest BCUT2D eigenvalue weighted by atomic mass is 32.2. The molecule has 0 spiro atoms. The highest BCUT2D eigenvalue weighted by Crippen LogP contribution is 2.33. The molecule has 108 valence electrons. The van der Waals surface area contributed by atoms with Crippen LogP contribution in [-0.4, -0.2) is 11.5 Å². The summed E-state index contributed by atoms with van der Waals surface area (Å²) in [6.45, 7) is 2.01. The number of nitrogens with one attached hydrogen (secondary N) is 1. The van der Waals surface area contributed by atoms with Crippen LogP contribution in [0.1, 0.15) is 30.5 Å². The van der Waals surface area contributed by atoms with Gasteiger partial charge in [-0.05, 0) is 29.9 Å². The predicted molar refractivity (Wildman–Crippen MR) is 69.1 cm³/mol. The Kier molecular flexibility index (Phi) is 6.09. The number of hydrogen-bond acceptors (Lipinski definition) is 3. The number of hydrogen-bond donors (Lipinski definition) is 2. The molecule has 1 aromatic carbocycles. The molecule has 1 atom stereocenters.